The van der Waals surface area contributed by atoms with E-state index in [-0.39, 0.29) is 17.5 Å². The molecular formula is C25H23N3O2. The highest BCUT2D eigenvalue weighted by molar-refractivity contribution is 6.46. The smallest absolute Gasteiger partial charge is 0.282 e. The molecule has 1 aliphatic heterocycles. The number of anilines is 3. The molecule has 3 aromatic carbocycles. The van der Waals surface area contributed by atoms with E-state index < -0.39 is 0 Å². The van der Waals surface area contributed by atoms with Gasteiger partial charge in [0.1, 0.15) is 5.70 Å². The van der Waals surface area contributed by atoms with E-state index in [0.717, 1.165) is 16.9 Å². The third-order valence-electron chi connectivity index (χ3n) is 5.16. The average Bonchev–Trinajstić information content (AvgIpc) is 2.99. The van der Waals surface area contributed by atoms with E-state index in [1.54, 1.807) is 6.07 Å². The van der Waals surface area contributed by atoms with Gasteiger partial charge in [-0.15, -0.1) is 0 Å². The predicted octanol–water partition coefficient (Wildman–Crippen LogP) is 4.46. The molecule has 1 aliphatic rings. The summed E-state index contributed by atoms with van der Waals surface area (Å²) in [6.07, 6.45) is 0. The molecule has 0 aliphatic carbocycles. The molecule has 4 rings (SSSR count). The van der Waals surface area contributed by atoms with Crippen LogP contribution in [0.3, 0.4) is 0 Å². The van der Waals surface area contributed by atoms with Crippen molar-refractivity contribution in [3.63, 3.8) is 0 Å². The second-order valence-electron chi connectivity index (χ2n) is 7.41. The summed E-state index contributed by atoms with van der Waals surface area (Å²) in [6.45, 7) is 1.89. The molecule has 0 spiro atoms. The van der Waals surface area contributed by atoms with Crippen LogP contribution in [0.25, 0.3) is 5.57 Å². The number of nitrogens with one attached hydrogen (secondary N) is 1. The zero-order valence-corrected chi connectivity index (χ0v) is 17.2. The first-order chi connectivity index (χ1) is 14.5. The summed E-state index contributed by atoms with van der Waals surface area (Å²) in [5, 5.41) is 3.20. The van der Waals surface area contributed by atoms with Crippen LogP contribution in [0, 0.1) is 6.92 Å². The fourth-order valence-corrected chi connectivity index (χ4v) is 3.54. The Balaban J connectivity index is 1.78. The fraction of sp³-hybridized carbons (Fsp3) is 0.120. The minimum absolute atomic E-state index is 0.284. The van der Waals surface area contributed by atoms with Crippen molar-refractivity contribution >= 4 is 34.4 Å². The third kappa shape index (κ3) is 3.46. The zero-order valence-electron chi connectivity index (χ0n) is 17.2. The highest BCUT2D eigenvalue weighted by atomic mass is 16.2. The quantitative estimate of drug-likeness (QED) is 0.646. The standard InChI is InChI=1S/C25H23N3O2/c1-17-9-7-8-12-21(17)28-24(29)22(18-10-5-4-6-11-18)23(25(28)30)26-19-13-15-20(16-14-19)27(2)3/h4-16,26H,1-3H3. The van der Waals surface area contributed by atoms with E-state index >= 15 is 0 Å². The largest absolute Gasteiger partial charge is 0.378 e. The van der Waals surface area contributed by atoms with Crippen LogP contribution in [0.15, 0.2) is 84.6 Å². The number of para-hydroxylation sites is 1. The number of aryl methyl sites for hydroxylation is 1. The van der Waals surface area contributed by atoms with Crippen LogP contribution in [0.4, 0.5) is 17.1 Å². The molecule has 0 saturated heterocycles. The van der Waals surface area contributed by atoms with Crippen molar-refractivity contribution in [1.29, 1.82) is 0 Å². The van der Waals surface area contributed by atoms with E-state index in [1.165, 1.54) is 4.90 Å². The molecule has 3 aromatic rings. The molecule has 0 atom stereocenters. The van der Waals surface area contributed by atoms with Crippen LogP contribution in [-0.2, 0) is 9.59 Å². The maximum atomic E-state index is 13.4. The molecule has 5 nitrogen and oxygen atoms in total. The second kappa shape index (κ2) is 7.87. The van der Waals surface area contributed by atoms with Crippen molar-refractivity contribution in [3.8, 4) is 0 Å². The van der Waals surface area contributed by atoms with E-state index in [4.69, 9.17) is 0 Å². The molecule has 1 heterocycles. The summed E-state index contributed by atoms with van der Waals surface area (Å²) in [4.78, 5) is 30.1. The number of amides is 2. The number of carbonyl (C=O) groups excluding carboxylic acids is 2. The number of benzene rings is 3. The molecule has 0 aromatic heterocycles. The summed E-state index contributed by atoms with van der Waals surface area (Å²) >= 11 is 0. The van der Waals surface area contributed by atoms with Crippen molar-refractivity contribution in [2.45, 2.75) is 6.92 Å². The minimum atomic E-state index is -0.357. The van der Waals surface area contributed by atoms with Crippen molar-refractivity contribution in [2.24, 2.45) is 0 Å². The van der Waals surface area contributed by atoms with Gasteiger partial charge in [0.15, 0.2) is 0 Å². The molecule has 0 saturated carbocycles. The molecule has 2 amide bonds. The number of imide groups is 1. The predicted molar refractivity (Wildman–Crippen MR) is 121 cm³/mol. The molecule has 30 heavy (non-hydrogen) atoms. The van der Waals surface area contributed by atoms with Gasteiger partial charge in [0.25, 0.3) is 11.8 Å². The SMILES string of the molecule is Cc1ccccc1N1C(=O)C(Nc2ccc(N(C)C)cc2)=C(c2ccccc2)C1=O. The molecule has 0 unspecified atom stereocenters. The maximum absolute atomic E-state index is 13.4. The van der Waals surface area contributed by atoms with Gasteiger partial charge in [0.2, 0.25) is 0 Å². The summed E-state index contributed by atoms with van der Waals surface area (Å²) in [5.74, 6) is -0.683. The lowest BCUT2D eigenvalue weighted by molar-refractivity contribution is -0.120. The lowest BCUT2D eigenvalue weighted by Crippen LogP contribution is -2.33. The van der Waals surface area contributed by atoms with Crippen LogP contribution in [0.1, 0.15) is 11.1 Å². The van der Waals surface area contributed by atoms with Crippen LogP contribution in [-0.4, -0.2) is 25.9 Å². The Bertz CT molecular complexity index is 1130. The van der Waals surface area contributed by atoms with Crippen LogP contribution in [0.5, 0.6) is 0 Å². The van der Waals surface area contributed by atoms with Gasteiger partial charge in [-0.25, -0.2) is 4.90 Å². The summed E-state index contributed by atoms with van der Waals surface area (Å²) in [5.41, 5.74) is 4.63. The fourth-order valence-electron chi connectivity index (χ4n) is 3.54. The Morgan fingerprint density at radius 1 is 0.767 bits per heavy atom. The molecule has 0 fully saturated rings. The molecule has 0 radical (unpaired) electrons. The van der Waals surface area contributed by atoms with E-state index in [1.807, 2.05) is 98.7 Å². The maximum Gasteiger partial charge on any atom is 0.282 e. The van der Waals surface area contributed by atoms with Crippen LogP contribution in [0.2, 0.25) is 0 Å². The Hall–Kier alpha value is -3.86. The average molecular weight is 397 g/mol. The van der Waals surface area contributed by atoms with Crippen molar-refractivity contribution in [2.75, 3.05) is 29.2 Å². The Labute approximate surface area is 176 Å². The lowest BCUT2D eigenvalue weighted by Gasteiger charge is -2.18. The molecule has 0 bridgehead atoms. The van der Waals surface area contributed by atoms with E-state index in [2.05, 4.69) is 5.32 Å². The van der Waals surface area contributed by atoms with Crippen molar-refractivity contribution in [3.05, 3.63) is 95.7 Å². The van der Waals surface area contributed by atoms with Gasteiger partial charge >= 0.3 is 0 Å². The Morgan fingerprint density at radius 2 is 1.40 bits per heavy atom. The van der Waals surface area contributed by atoms with Gasteiger partial charge < -0.3 is 10.2 Å². The summed E-state index contributed by atoms with van der Waals surface area (Å²) in [7, 11) is 3.94. The van der Waals surface area contributed by atoms with Gasteiger partial charge in [-0.3, -0.25) is 9.59 Å². The molecule has 150 valence electrons. The molecular weight excluding hydrogens is 374 g/mol. The summed E-state index contributed by atoms with van der Waals surface area (Å²) in [6, 6.07) is 24.4. The van der Waals surface area contributed by atoms with Crippen LogP contribution >= 0.6 is 0 Å². The van der Waals surface area contributed by atoms with Gasteiger partial charge in [0, 0.05) is 25.5 Å². The number of hydrogen-bond acceptors (Lipinski definition) is 4. The first kappa shape index (κ1) is 19.5. The first-order valence-electron chi connectivity index (χ1n) is 9.76. The van der Waals surface area contributed by atoms with Gasteiger partial charge in [-0.2, -0.15) is 0 Å². The molecule has 5 heteroatoms. The lowest BCUT2D eigenvalue weighted by atomic mass is 10.0. The monoisotopic (exact) mass is 397 g/mol. The topological polar surface area (TPSA) is 52.7 Å². The molecule has 1 N–H and O–H groups in total. The Morgan fingerprint density at radius 3 is 2.03 bits per heavy atom. The third-order valence-corrected chi connectivity index (χ3v) is 5.16. The first-order valence-corrected chi connectivity index (χ1v) is 9.76. The van der Waals surface area contributed by atoms with Gasteiger partial charge in [0.05, 0.1) is 11.3 Å². The van der Waals surface area contributed by atoms with Gasteiger partial charge in [-0.05, 0) is 48.4 Å². The van der Waals surface area contributed by atoms with Crippen molar-refractivity contribution in [1.82, 2.24) is 0 Å². The number of carbonyl (C=O) groups is 2. The highest BCUT2D eigenvalue weighted by Crippen LogP contribution is 2.35. The normalized spacial score (nSPS) is 13.8. The van der Waals surface area contributed by atoms with Crippen LogP contribution < -0.4 is 15.1 Å². The Kier molecular flexibility index (Phi) is 5.11. The number of hydrogen-bond donors (Lipinski definition) is 1. The minimum Gasteiger partial charge on any atom is -0.378 e. The summed E-state index contributed by atoms with van der Waals surface area (Å²) < 4.78 is 0. The second-order valence-corrected chi connectivity index (χ2v) is 7.41. The van der Waals surface area contributed by atoms with Gasteiger partial charge in [-0.1, -0.05) is 48.5 Å². The number of nitrogens with zero attached hydrogens (tertiary/aromatic N) is 2. The van der Waals surface area contributed by atoms with E-state index in [9.17, 15) is 9.59 Å². The zero-order chi connectivity index (χ0) is 21.3. The van der Waals surface area contributed by atoms with E-state index in [0.29, 0.717) is 16.8 Å². The number of rotatable bonds is 5. The highest BCUT2D eigenvalue weighted by Gasteiger charge is 2.40. The van der Waals surface area contributed by atoms with Crippen molar-refractivity contribution < 1.29 is 9.59 Å².